The zero-order valence-corrected chi connectivity index (χ0v) is 12.0. The van der Waals surface area contributed by atoms with E-state index in [0.29, 0.717) is 12.2 Å². The van der Waals surface area contributed by atoms with E-state index in [1.165, 1.54) is 28.5 Å². The second-order valence-corrected chi connectivity index (χ2v) is 4.98. The predicted molar refractivity (Wildman–Crippen MR) is 82.9 cm³/mol. The molecule has 2 N–H and O–H groups in total. The van der Waals surface area contributed by atoms with Crippen molar-refractivity contribution < 1.29 is 4.79 Å². The number of anilines is 1. The van der Waals surface area contributed by atoms with Crippen molar-refractivity contribution in [2.75, 3.05) is 19.3 Å². The van der Waals surface area contributed by atoms with Crippen LogP contribution in [0, 0.1) is 0 Å². The molecule has 0 aliphatic heterocycles. The Kier molecular flexibility index (Phi) is 4.77. The number of aromatic nitrogens is 1. The van der Waals surface area contributed by atoms with E-state index in [1.807, 2.05) is 30.3 Å². The van der Waals surface area contributed by atoms with Crippen molar-refractivity contribution in [2.24, 2.45) is 0 Å². The Bertz CT molecular complexity index is 665. The first-order chi connectivity index (χ1) is 10.1. The summed E-state index contributed by atoms with van der Waals surface area (Å²) in [6.07, 6.45) is 2.28. The molecule has 1 aromatic heterocycles. The molecule has 2 rings (SSSR count). The minimum atomic E-state index is -0.228. The largest absolute Gasteiger partial charge is 0.398 e. The van der Waals surface area contributed by atoms with Gasteiger partial charge in [0.05, 0.1) is 0 Å². The Morgan fingerprint density at radius 2 is 1.90 bits per heavy atom. The fourth-order valence-electron chi connectivity index (χ4n) is 2.01. The highest BCUT2D eigenvalue weighted by Crippen LogP contribution is 2.02. The van der Waals surface area contributed by atoms with Crippen LogP contribution in [0.3, 0.4) is 0 Å². The summed E-state index contributed by atoms with van der Waals surface area (Å²) in [4.78, 5) is 25.4. The molecule has 5 heteroatoms. The van der Waals surface area contributed by atoms with Crippen molar-refractivity contribution in [2.45, 2.75) is 13.0 Å². The molecule has 0 bridgehead atoms. The first-order valence-electron chi connectivity index (χ1n) is 6.80. The molecule has 0 saturated carbocycles. The molecule has 1 heterocycles. The summed E-state index contributed by atoms with van der Waals surface area (Å²) in [6, 6.07) is 12.9. The summed E-state index contributed by atoms with van der Waals surface area (Å²) in [5.74, 6) is -0.112. The number of likely N-dealkylation sites (N-methyl/N-ethyl adjacent to an activating group) is 1. The molecule has 2 aromatic rings. The first kappa shape index (κ1) is 14.8. The van der Waals surface area contributed by atoms with E-state index in [9.17, 15) is 9.59 Å². The minimum Gasteiger partial charge on any atom is -0.398 e. The summed E-state index contributed by atoms with van der Waals surface area (Å²) < 4.78 is 1.33. The summed E-state index contributed by atoms with van der Waals surface area (Å²) in [5.41, 5.74) is 7.05. The number of benzene rings is 1. The van der Waals surface area contributed by atoms with Gasteiger partial charge in [-0.2, -0.15) is 0 Å². The average Bonchev–Trinajstić information content (AvgIpc) is 2.49. The van der Waals surface area contributed by atoms with Crippen LogP contribution in [0.15, 0.2) is 53.5 Å². The highest BCUT2D eigenvalue weighted by Gasteiger charge is 2.10. The third-order valence-electron chi connectivity index (χ3n) is 3.32. The molecule has 0 aliphatic carbocycles. The van der Waals surface area contributed by atoms with E-state index in [1.54, 1.807) is 11.9 Å². The number of nitrogens with two attached hydrogens (primary N) is 1. The van der Waals surface area contributed by atoms with Crippen molar-refractivity contribution in [3.63, 3.8) is 0 Å². The molecule has 0 aliphatic rings. The molecule has 21 heavy (non-hydrogen) atoms. The van der Waals surface area contributed by atoms with Crippen LogP contribution in [0.5, 0.6) is 0 Å². The maximum absolute atomic E-state index is 12.1. The van der Waals surface area contributed by atoms with E-state index < -0.39 is 0 Å². The van der Waals surface area contributed by atoms with Gasteiger partial charge in [0, 0.05) is 31.5 Å². The molecular formula is C16H19N3O2. The topological polar surface area (TPSA) is 68.3 Å². The number of rotatable bonds is 5. The van der Waals surface area contributed by atoms with Crippen molar-refractivity contribution in [3.05, 3.63) is 64.6 Å². The highest BCUT2D eigenvalue weighted by molar-refractivity contribution is 5.75. The van der Waals surface area contributed by atoms with Gasteiger partial charge in [-0.15, -0.1) is 0 Å². The molecule has 0 radical (unpaired) electrons. The second-order valence-electron chi connectivity index (χ2n) is 4.98. The van der Waals surface area contributed by atoms with Gasteiger partial charge >= 0.3 is 0 Å². The summed E-state index contributed by atoms with van der Waals surface area (Å²) in [7, 11) is 1.74. The van der Waals surface area contributed by atoms with E-state index in [4.69, 9.17) is 5.73 Å². The minimum absolute atomic E-state index is 0.00909. The van der Waals surface area contributed by atoms with Gasteiger partial charge in [0.25, 0.3) is 5.56 Å². The lowest BCUT2D eigenvalue weighted by molar-refractivity contribution is -0.130. The van der Waals surface area contributed by atoms with Crippen LogP contribution in [-0.2, 0) is 17.8 Å². The van der Waals surface area contributed by atoms with Gasteiger partial charge in [0.15, 0.2) is 0 Å². The second kappa shape index (κ2) is 6.74. The summed E-state index contributed by atoms with van der Waals surface area (Å²) in [6.45, 7) is 0.620. The molecule has 1 aromatic carbocycles. The molecule has 0 saturated heterocycles. The van der Waals surface area contributed by atoms with Gasteiger partial charge < -0.3 is 15.2 Å². The van der Waals surface area contributed by atoms with Crippen molar-refractivity contribution >= 4 is 11.6 Å². The van der Waals surface area contributed by atoms with Crippen LogP contribution in [0.1, 0.15) is 5.56 Å². The monoisotopic (exact) mass is 285 g/mol. The molecule has 1 amide bonds. The van der Waals surface area contributed by atoms with E-state index in [2.05, 4.69) is 0 Å². The fraction of sp³-hybridized carbons (Fsp3) is 0.250. The molecule has 0 fully saturated rings. The molecule has 0 atom stereocenters. The van der Waals surface area contributed by atoms with Crippen LogP contribution in [0.4, 0.5) is 5.69 Å². The number of carbonyl (C=O) groups is 1. The molecule has 0 spiro atoms. The molecular weight excluding hydrogens is 266 g/mol. The highest BCUT2D eigenvalue weighted by atomic mass is 16.2. The zero-order valence-electron chi connectivity index (χ0n) is 12.0. The van der Waals surface area contributed by atoms with Gasteiger partial charge in [-0.3, -0.25) is 9.59 Å². The Hall–Kier alpha value is -2.56. The number of carbonyl (C=O) groups excluding carboxylic acids is 1. The Morgan fingerprint density at radius 3 is 2.62 bits per heavy atom. The number of nitrogens with zero attached hydrogens (tertiary/aromatic N) is 2. The molecule has 0 unspecified atom stereocenters. The van der Waals surface area contributed by atoms with E-state index in [-0.39, 0.29) is 18.0 Å². The Morgan fingerprint density at radius 1 is 1.19 bits per heavy atom. The van der Waals surface area contributed by atoms with Crippen LogP contribution in [0.25, 0.3) is 0 Å². The lowest BCUT2D eigenvalue weighted by atomic mass is 10.1. The zero-order chi connectivity index (χ0) is 15.2. The normalized spacial score (nSPS) is 10.3. The van der Waals surface area contributed by atoms with Crippen molar-refractivity contribution in [3.8, 4) is 0 Å². The predicted octanol–water partition coefficient (Wildman–Crippen LogP) is 1.13. The van der Waals surface area contributed by atoms with Gasteiger partial charge in [0.1, 0.15) is 6.54 Å². The van der Waals surface area contributed by atoms with Gasteiger partial charge in [-0.1, -0.05) is 30.3 Å². The van der Waals surface area contributed by atoms with Crippen LogP contribution in [0.2, 0.25) is 0 Å². The van der Waals surface area contributed by atoms with E-state index in [0.717, 1.165) is 6.42 Å². The van der Waals surface area contributed by atoms with Crippen molar-refractivity contribution in [1.82, 2.24) is 9.47 Å². The summed E-state index contributed by atoms with van der Waals surface area (Å²) >= 11 is 0. The van der Waals surface area contributed by atoms with E-state index >= 15 is 0 Å². The van der Waals surface area contributed by atoms with Gasteiger partial charge in [-0.05, 0) is 18.1 Å². The van der Waals surface area contributed by atoms with Crippen LogP contribution in [-0.4, -0.2) is 29.0 Å². The third kappa shape index (κ3) is 4.21. The maximum Gasteiger partial charge on any atom is 0.251 e. The van der Waals surface area contributed by atoms with Gasteiger partial charge in [0.2, 0.25) is 5.91 Å². The van der Waals surface area contributed by atoms with Crippen molar-refractivity contribution in [1.29, 1.82) is 0 Å². The first-order valence-corrected chi connectivity index (χ1v) is 6.80. The molecule has 110 valence electrons. The van der Waals surface area contributed by atoms with Gasteiger partial charge in [-0.25, -0.2) is 0 Å². The SMILES string of the molecule is CN(CCc1ccccc1)C(=O)Cn1cc(N)ccc1=O. The molecule has 5 nitrogen and oxygen atoms in total. The number of hydrogen-bond donors (Lipinski definition) is 1. The lowest BCUT2D eigenvalue weighted by Crippen LogP contribution is -2.34. The number of nitrogen functional groups attached to an aromatic ring is 1. The lowest BCUT2D eigenvalue weighted by Gasteiger charge is -2.18. The Balaban J connectivity index is 1.93. The maximum atomic E-state index is 12.1. The number of pyridine rings is 1. The standard InChI is InChI=1S/C16H19N3O2/c1-18(10-9-13-5-3-2-4-6-13)16(21)12-19-11-14(17)7-8-15(19)20/h2-8,11H,9-10,12,17H2,1H3. The quantitative estimate of drug-likeness (QED) is 0.895. The average molecular weight is 285 g/mol. The summed E-state index contributed by atoms with van der Waals surface area (Å²) in [5, 5.41) is 0. The Labute approximate surface area is 123 Å². The van der Waals surface area contributed by atoms with Crippen LogP contribution >= 0.6 is 0 Å². The third-order valence-corrected chi connectivity index (χ3v) is 3.32. The number of hydrogen-bond acceptors (Lipinski definition) is 3. The van der Waals surface area contributed by atoms with Crippen LogP contribution < -0.4 is 11.3 Å². The smallest absolute Gasteiger partial charge is 0.251 e. The fourth-order valence-corrected chi connectivity index (χ4v) is 2.01. The number of amides is 1.